The molecular weight excluding hydrogens is 451 g/mol. The number of carbonyl (C=O) groups excluding carboxylic acids is 1. The first-order valence-electron chi connectivity index (χ1n) is 8.47. The van der Waals surface area contributed by atoms with Crippen molar-refractivity contribution in [1.82, 2.24) is 5.43 Å². The fraction of sp³-hybridized carbons (Fsp3) is 0.0909. The van der Waals surface area contributed by atoms with E-state index in [2.05, 4.69) is 64.3 Å². The van der Waals surface area contributed by atoms with Crippen LogP contribution in [0, 0.1) is 10.5 Å². The lowest BCUT2D eigenvalue weighted by Crippen LogP contribution is -2.17. The molecule has 3 rings (SSSR count). The van der Waals surface area contributed by atoms with Crippen LogP contribution in [0.4, 0.5) is 0 Å². The van der Waals surface area contributed by atoms with Gasteiger partial charge in [0.25, 0.3) is 5.91 Å². The number of aryl methyl sites for hydroxylation is 1. The van der Waals surface area contributed by atoms with Crippen molar-refractivity contribution in [3.63, 3.8) is 0 Å². The number of carbonyl (C=O) groups is 1. The number of nitrogens with one attached hydrogen (secondary N) is 1. The molecule has 4 nitrogen and oxygen atoms in total. The van der Waals surface area contributed by atoms with E-state index in [9.17, 15) is 4.79 Å². The molecule has 0 atom stereocenters. The highest BCUT2D eigenvalue weighted by Crippen LogP contribution is 2.14. The molecule has 0 fully saturated rings. The summed E-state index contributed by atoms with van der Waals surface area (Å²) in [4.78, 5) is 12.0. The van der Waals surface area contributed by atoms with Gasteiger partial charge >= 0.3 is 0 Å². The van der Waals surface area contributed by atoms with Crippen LogP contribution in [0.5, 0.6) is 5.75 Å². The van der Waals surface area contributed by atoms with Crippen LogP contribution in [0.2, 0.25) is 0 Å². The molecule has 27 heavy (non-hydrogen) atoms. The Morgan fingerprint density at radius 1 is 1.00 bits per heavy atom. The molecule has 1 amide bonds. The van der Waals surface area contributed by atoms with Gasteiger partial charge in [-0.1, -0.05) is 29.8 Å². The molecule has 0 bridgehead atoms. The first kappa shape index (κ1) is 19.1. The minimum absolute atomic E-state index is 0.235. The van der Waals surface area contributed by atoms with Gasteiger partial charge in [0.2, 0.25) is 0 Å². The predicted molar refractivity (Wildman–Crippen MR) is 116 cm³/mol. The number of ether oxygens (including phenoxy) is 1. The lowest BCUT2D eigenvalue weighted by atomic mass is 10.2. The highest BCUT2D eigenvalue weighted by molar-refractivity contribution is 14.1. The summed E-state index contributed by atoms with van der Waals surface area (Å²) in [6.45, 7) is 2.59. The highest BCUT2D eigenvalue weighted by atomic mass is 127. The topological polar surface area (TPSA) is 50.7 Å². The second-order valence-corrected chi connectivity index (χ2v) is 7.29. The third-order valence-electron chi connectivity index (χ3n) is 3.89. The summed E-state index contributed by atoms with van der Waals surface area (Å²) in [7, 11) is 0. The molecule has 3 aromatic carbocycles. The Bertz CT molecular complexity index is 918. The van der Waals surface area contributed by atoms with Gasteiger partial charge in [0, 0.05) is 9.13 Å². The van der Waals surface area contributed by atoms with Crippen molar-refractivity contribution in [2.75, 3.05) is 0 Å². The largest absolute Gasteiger partial charge is 0.489 e. The van der Waals surface area contributed by atoms with Crippen LogP contribution in [-0.2, 0) is 6.61 Å². The van der Waals surface area contributed by atoms with Crippen molar-refractivity contribution in [3.8, 4) is 5.75 Å². The number of hydrogen-bond donors (Lipinski definition) is 1. The van der Waals surface area contributed by atoms with Crippen LogP contribution in [0.1, 0.15) is 27.0 Å². The minimum Gasteiger partial charge on any atom is -0.489 e. The van der Waals surface area contributed by atoms with Crippen LogP contribution >= 0.6 is 22.6 Å². The number of nitrogens with zero attached hydrogens (tertiary/aromatic N) is 1. The summed E-state index contributed by atoms with van der Waals surface area (Å²) in [6.07, 6.45) is 1.61. The van der Waals surface area contributed by atoms with Gasteiger partial charge < -0.3 is 4.74 Å². The van der Waals surface area contributed by atoms with Crippen LogP contribution < -0.4 is 10.2 Å². The fourth-order valence-corrected chi connectivity index (χ4v) is 2.69. The SMILES string of the molecule is Cc1ccc(COc2ccc(/C=N\NC(=O)c3ccc(I)cc3)cc2)cc1. The molecule has 1 N–H and O–H groups in total. The molecule has 0 heterocycles. The Morgan fingerprint density at radius 2 is 1.67 bits per heavy atom. The first-order valence-corrected chi connectivity index (χ1v) is 9.55. The Morgan fingerprint density at radius 3 is 2.33 bits per heavy atom. The van der Waals surface area contributed by atoms with Gasteiger partial charge in [-0.2, -0.15) is 5.10 Å². The average molecular weight is 470 g/mol. The zero-order chi connectivity index (χ0) is 19.1. The van der Waals surface area contributed by atoms with E-state index in [1.54, 1.807) is 18.3 Å². The monoisotopic (exact) mass is 470 g/mol. The summed E-state index contributed by atoms with van der Waals surface area (Å²) >= 11 is 2.20. The zero-order valence-corrected chi connectivity index (χ0v) is 17.0. The summed E-state index contributed by atoms with van der Waals surface area (Å²) in [5.74, 6) is 0.552. The molecule has 0 saturated heterocycles. The summed E-state index contributed by atoms with van der Waals surface area (Å²) < 4.78 is 6.86. The average Bonchev–Trinajstić information content (AvgIpc) is 2.69. The van der Waals surface area contributed by atoms with E-state index in [1.165, 1.54) is 5.56 Å². The van der Waals surface area contributed by atoms with Crippen molar-refractivity contribution < 1.29 is 9.53 Å². The van der Waals surface area contributed by atoms with E-state index in [4.69, 9.17) is 4.74 Å². The summed E-state index contributed by atoms with van der Waals surface area (Å²) in [5.41, 5.74) is 6.34. The molecule has 136 valence electrons. The third-order valence-corrected chi connectivity index (χ3v) is 4.61. The van der Waals surface area contributed by atoms with Gasteiger partial charge in [-0.3, -0.25) is 4.79 Å². The molecule has 5 heteroatoms. The maximum Gasteiger partial charge on any atom is 0.271 e. The van der Waals surface area contributed by atoms with Gasteiger partial charge in [-0.15, -0.1) is 0 Å². The predicted octanol–water partition coefficient (Wildman–Crippen LogP) is 4.94. The quantitative estimate of drug-likeness (QED) is 0.315. The van der Waals surface area contributed by atoms with E-state index < -0.39 is 0 Å². The van der Waals surface area contributed by atoms with Gasteiger partial charge in [-0.05, 0) is 89.2 Å². The number of halogens is 1. The van der Waals surface area contributed by atoms with Crippen LogP contribution in [-0.4, -0.2) is 12.1 Å². The van der Waals surface area contributed by atoms with E-state index in [1.807, 2.05) is 36.4 Å². The van der Waals surface area contributed by atoms with Crippen molar-refractivity contribution in [3.05, 3.63) is 98.6 Å². The van der Waals surface area contributed by atoms with Crippen molar-refractivity contribution in [2.24, 2.45) is 5.10 Å². The second-order valence-electron chi connectivity index (χ2n) is 6.05. The van der Waals surface area contributed by atoms with Gasteiger partial charge in [0.15, 0.2) is 0 Å². The maximum atomic E-state index is 12.0. The van der Waals surface area contributed by atoms with Crippen molar-refractivity contribution >= 4 is 34.7 Å². The highest BCUT2D eigenvalue weighted by Gasteiger charge is 2.03. The third kappa shape index (κ3) is 5.92. The second kappa shape index (κ2) is 9.32. The van der Waals surface area contributed by atoms with Gasteiger partial charge in [0.1, 0.15) is 12.4 Å². The Balaban J connectivity index is 1.50. The molecule has 0 aliphatic heterocycles. The molecule has 0 radical (unpaired) electrons. The molecule has 0 unspecified atom stereocenters. The molecule has 0 spiro atoms. The van der Waals surface area contributed by atoms with E-state index in [-0.39, 0.29) is 5.91 Å². The lowest BCUT2D eigenvalue weighted by molar-refractivity contribution is 0.0955. The summed E-state index contributed by atoms with van der Waals surface area (Å²) in [6, 6.07) is 23.1. The number of amides is 1. The molecule has 3 aromatic rings. The Kier molecular flexibility index (Phi) is 6.59. The van der Waals surface area contributed by atoms with Crippen LogP contribution in [0.25, 0.3) is 0 Å². The number of benzene rings is 3. The normalized spacial score (nSPS) is 10.7. The molecular formula is C22H19IN2O2. The van der Waals surface area contributed by atoms with Gasteiger partial charge in [0.05, 0.1) is 6.21 Å². The minimum atomic E-state index is -0.235. The number of rotatable bonds is 6. The Hall–Kier alpha value is -2.67. The van der Waals surface area contributed by atoms with E-state index >= 15 is 0 Å². The standard InChI is InChI=1S/C22H19IN2O2/c1-16-2-4-18(5-3-16)15-27-21-12-6-17(7-13-21)14-24-25-22(26)19-8-10-20(23)11-9-19/h2-14H,15H2,1H3,(H,25,26)/b24-14-. The number of hydrogen-bond acceptors (Lipinski definition) is 3. The van der Waals surface area contributed by atoms with E-state index in [0.29, 0.717) is 12.2 Å². The van der Waals surface area contributed by atoms with Crippen LogP contribution in [0.15, 0.2) is 77.9 Å². The molecule has 0 aliphatic carbocycles. The van der Waals surface area contributed by atoms with E-state index in [0.717, 1.165) is 20.4 Å². The fourth-order valence-electron chi connectivity index (χ4n) is 2.33. The molecule has 0 aliphatic rings. The molecule has 0 aromatic heterocycles. The molecule has 0 saturated carbocycles. The first-order chi connectivity index (χ1) is 13.1. The Labute approximate surface area is 172 Å². The maximum absolute atomic E-state index is 12.0. The lowest BCUT2D eigenvalue weighted by Gasteiger charge is -2.07. The zero-order valence-electron chi connectivity index (χ0n) is 14.9. The van der Waals surface area contributed by atoms with Crippen molar-refractivity contribution in [1.29, 1.82) is 0 Å². The van der Waals surface area contributed by atoms with Crippen molar-refractivity contribution in [2.45, 2.75) is 13.5 Å². The smallest absolute Gasteiger partial charge is 0.271 e. The number of hydrazone groups is 1. The van der Waals surface area contributed by atoms with Gasteiger partial charge in [-0.25, -0.2) is 5.43 Å². The van der Waals surface area contributed by atoms with Crippen LogP contribution in [0.3, 0.4) is 0 Å². The summed E-state index contributed by atoms with van der Waals surface area (Å²) in [5, 5.41) is 4.00.